The Bertz CT molecular complexity index is 775. The van der Waals surface area contributed by atoms with Crippen LogP contribution in [0.3, 0.4) is 0 Å². The number of aromatic nitrogens is 2. The smallest absolute Gasteiger partial charge is 0.148 e. The second-order valence-electron chi connectivity index (χ2n) is 7.81. The van der Waals surface area contributed by atoms with E-state index in [9.17, 15) is 4.39 Å². The van der Waals surface area contributed by atoms with Crippen molar-refractivity contribution in [3.05, 3.63) is 48.0 Å². The van der Waals surface area contributed by atoms with Gasteiger partial charge < -0.3 is 4.74 Å². The molecule has 0 unspecified atom stereocenters. The van der Waals surface area contributed by atoms with Gasteiger partial charge in [0.2, 0.25) is 0 Å². The summed E-state index contributed by atoms with van der Waals surface area (Å²) in [6, 6.07) is 7.89. The van der Waals surface area contributed by atoms with Gasteiger partial charge in [-0.25, -0.2) is 9.07 Å². The predicted molar refractivity (Wildman–Crippen MR) is 96.6 cm³/mol. The van der Waals surface area contributed by atoms with Gasteiger partial charge in [-0.2, -0.15) is 5.10 Å². The summed E-state index contributed by atoms with van der Waals surface area (Å²) in [5.74, 6) is 0.615. The number of halogens is 1. The Morgan fingerprint density at radius 1 is 1.15 bits per heavy atom. The Balaban J connectivity index is 1.24. The predicted octanol–water partition coefficient (Wildman–Crippen LogP) is 2.31. The molecule has 0 bridgehead atoms. The average molecular weight is 356 g/mol. The number of hydrogen-bond donors (Lipinski definition) is 0. The molecule has 5 rings (SSSR count). The van der Waals surface area contributed by atoms with Crippen molar-refractivity contribution in [2.24, 2.45) is 5.92 Å². The van der Waals surface area contributed by atoms with Crippen LogP contribution in [-0.4, -0.2) is 64.5 Å². The zero-order valence-electron chi connectivity index (χ0n) is 14.9. The maximum atomic E-state index is 13.9. The number of nitrogens with zero attached hydrogens (tertiary/aromatic N) is 4. The number of morpholine rings is 1. The van der Waals surface area contributed by atoms with Crippen LogP contribution in [-0.2, 0) is 11.3 Å². The lowest BCUT2D eigenvalue weighted by Crippen LogP contribution is -2.62. The quantitative estimate of drug-likeness (QED) is 0.842. The van der Waals surface area contributed by atoms with E-state index in [4.69, 9.17) is 4.74 Å². The Hall–Kier alpha value is -1.76. The number of piperazine rings is 1. The monoisotopic (exact) mass is 356 g/mol. The summed E-state index contributed by atoms with van der Waals surface area (Å²) < 4.78 is 21.5. The molecule has 6 heteroatoms. The zero-order valence-corrected chi connectivity index (χ0v) is 14.9. The zero-order chi connectivity index (χ0) is 17.5. The first-order chi connectivity index (χ1) is 12.8. The van der Waals surface area contributed by atoms with Crippen LogP contribution < -0.4 is 0 Å². The summed E-state index contributed by atoms with van der Waals surface area (Å²) in [6.45, 7) is 5.84. The molecule has 2 atom stereocenters. The van der Waals surface area contributed by atoms with Crippen molar-refractivity contribution in [2.75, 3.05) is 32.8 Å². The summed E-state index contributed by atoms with van der Waals surface area (Å²) in [4.78, 5) is 5.17. The summed E-state index contributed by atoms with van der Waals surface area (Å²) >= 11 is 0. The number of benzene rings is 1. The van der Waals surface area contributed by atoms with Crippen LogP contribution in [0.25, 0.3) is 5.69 Å². The van der Waals surface area contributed by atoms with Crippen molar-refractivity contribution in [2.45, 2.75) is 31.5 Å². The molecule has 1 aromatic carbocycles. The van der Waals surface area contributed by atoms with E-state index in [2.05, 4.69) is 14.9 Å². The highest BCUT2D eigenvalue weighted by Crippen LogP contribution is 2.38. The lowest BCUT2D eigenvalue weighted by molar-refractivity contribution is -0.0880. The van der Waals surface area contributed by atoms with Gasteiger partial charge in [0.25, 0.3) is 0 Å². The normalized spacial score (nSPS) is 27.4. The highest BCUT2D eigenvalue weighted by molar-refractivity contribution is 5.32. The molecule has 3 fully saturated rings. The number of fused-ring (bicyclic) bond motifs is 1. The standard InChI is InChI=1S/C20H25FN4O/c21-18-3-1-2-4-19(18)25-11-15(9-22-25)10-23-7-8-24-17(12-23)13-26-14-20(24)16-5-6-16/h1-4,9,11,16-17,20H,5-8,10,12-14H2/t17-,20-/m1/s1. The molecule has 1 aromatic heterocycles. The Kier molecular flexibility index (Phi) is 4.27. The van der Waals surface area contributed by atoms with Crippen LogP contribution in [0.4, 0.5) is 4.39 Å². The van der Waals surface area contributed by atoms with Gasteiger partial charge in [0.15, 0.2) is 0 Å². The van der Waals surface area contributed by atoms with E-state index in [0.29, 0.717) is 17.8 Å². The highest BCUT2D eigenvalue weighted by Gasteiger charge is 2.42. The first-order valence-corrected chi connectivity index (χ1v) is 9.62. The fourth-order valence-electron chi connectivity index (χ4n) is 4.44. The molecule has 2 aliphatic heterocycles. The van der Waals surface area contributed by atoms with Crippen LogP contribution in [0.5, 0.6) is 0 Å². The van der Waals surface area contributed by atoms with Crippen LogP contribution in [0.15, 0.2) is 36.7 Å². The molecule has 1 saturated carbocycles. The topological polar surface area (TPSA) is 33.5 Å². The molecule has 3 heterocycles. The summed E-state index contributed by atoms with van der Waals surface area (Å²) in [5.41, 5.74) is 1.62. The molecule has 138 valence electrons. The summed E-state index contributed by atoms with van der Waals surface area (Å²) in [7, 11) is 0. The van der Waals surface area contributed by atoms with E-state index in [1.165, 1.54) is 18.9 Å². The third-order valence-electron chi connectivity index (χ3n) is 5.94. The van der Waals surface area contributed by atoms with Crippen LogP contribution in [0.2, 0.25) is 0 Å². The molecular formula is C20H25FN4O. The highest BCUT2D eigenvalue weighted by atomic mass is 19.1. The van der Waals surface area contributed by atoms with Crippen molar-refractivity contribution in [3.63, 3.8) is 0 Å². The largest absolute Gasteiger partial charge is 0.378 e. The Labute approximate surface area is 153 Å². The van der Waals surface area contributed by atoms with E-state index >= 15 is 0 Å². The van der Waals surface area contributed by atoms with Crippen LogP contribution >= 0.6 is 0 Å². The van der Waals surface area contributed by atoms with Gasteiger partial charge in [0, 0.05) is 50.0 Å². The van der Waals surface area contributed by atoms with Gasteiger partial charge in [-0.15, -0.1) is 0 Å². The van der Waals surface area contributed by atoms with Gasteiger partial charge >= 0.3 is 0 Å². The molecule has 0 spiro atoms. The molecule has 26 heavy (non-hydrogen) atoms. The van der Waals surface area contributed by atoms with E-state index in [0.717, 1.165) is 50.9 Å². The lowest BCUT2D eigenvalue weighted by Gasteiger charge is -2.48. The van der Waals surface area contributed by atoms with E-state index in [1.807, 2.05) is 18.5 Å². The maximum absolute atomic E-state index is 13.9. The fraction of sp³-hybridized carbons (Fsp3) is 0.550. The van der Waals surface area contributed by atoms with Crippen molar-refractivity contribution in [1.82, 2.24) is 19.6 Å². The number of para-hydroxylation sites is 1. The van der Waals surface area contributed by atoms with Gasteiger partial charge in [0.1, 0.15) is 11.5 Å². The third-order valence-corrected chi connectivity index (χ3v) is 5.94. The lowest BCUT2D eigenvalue weighted by atomic mass is 10.0. The van der Waals surface area contributed by atoms with Crippen LogP contribution in [0, 0.1) is 11.7 Å². The Morgan fingerprint density at radius 3 is 2.88 bits per heavy atom. The molecule has 0 N–H and O–H groups in total. The molecule has 5 nitrogen and oxygen atoms in total. The Morgan fingerprint density at radius 2 is 2.04 bits per heavy atom. The van der Waals surface area contributed by atoms with E-state index < -0.39 is 0 Å². The first kappa shape index (κ1) is 16.4. The molecule has 2 aromatic rings. The summed E-state index contributed by atoms with van der Waals surface area (Å²) in [6.07, 6.45) is 6.53. The van der Waals surface area contributed by atoms with Crippen molar-refractivity contribution < 1.29 is 9.13 Å². The number of ether oxygens (including phenoxy) is 1. The van der Waals surface area contributed by atoms with Crippen molar-refractivity contribution >= 4 is 0 Å². The fourth-order valence-corrected chi connectivity index (χ4v) is 4.44. The first-order valence-electron chi connectivity index (χ1n) is 9.62. The third kappa shape index (κ3) is 3.17. The summed E-state index contributed by atoms with van der Waals surface area (Å²) in [5, 5.41) is 4.35. The van der Waals surface area contributed by atoms with E-state index in [1.54, 1.807) is 16.8 Å². The number of hydrogen-bond acceptors (Lipinski definition) is 4. The molecule has 0 amide bonds. The van der Waals surface area contributed by atoms with Gasteiger partial charge in [-0.3, -0.25) is 9.80 Å². The average Bonchev–Trinajstić information content (AvgIpc) is 3.41. The minimum absolute atomic E-state index is 0.249. The second kappa shape index (κ2) is 6.76. The van der Waals surface area contributed by atoms with Crippen LogP contribution in [0.1, 0.15) is 18.4 Å². The molecule has 1 aliphatic carbocycles. The van der Waals surface area contributed by atoms with Gasteiger partial charge in [-0.1, -0.05) is 12.1 Å². The molecule has 0 radical (unpaired) electrons. The van der Waals surface area contributed by atoms with Crippen molar-refractivity contribution in [1.29, 1.82) is 0 Å². The molecule has 3 aliphatic rings. The number of rotatable bonds is 4. The van der Waals surface area contributed by atoms with E-state index in [-0.39, 0.29) is 5.82 Å². The van der Waals surface area contributed by atoms with Gasteiger partial charge in [-0.05, 0) is 30.9 Å². The SMILES string of the molecule is Fc1ccccc1-n1cc(CN2CCN3[C@@H](COC[C@@H]3C3CC3)C2)cn1. The van der Waals surface area contributed by atoms with Crippen molar-refractivity contribution in [3.8, 4) is 5.69 Å². The van der Waals surface area contributed by atoms with Gasteiger partial charge in [0.05, 0.1) is 19.4 Å². The molecule has 2 saturated heterocycles. The minimum atomic E-state index is -0.249. The maximum Gasteiger partial charge on any atom is 0.148 e. The molecular weight excluding hydrogens is 331 g/mol. The second-order valence-corrected chi connectivity index (χ2v) is 7.81. The minimum Gasteiger partial charge on any atom is -0.378 e.